The Morgan fingerprint density at radius 2 is 0.558 bits per heavy atom. The third-order valence-electron chi connectivity index (χ3n) is 22.0. The van der Waals surface area contributed by atoms with Crippen LogP contribution in [0.3, 0.4) is 0 Å². The van der Waals surface area contributed by atoms with E-state index in [0.29, 0.717) is 0 Å². The number of nitrogens with zero attached hydrogens (tertiary/aromatic N) is 4. The minimum atomic E-state index is -0.234. The van der Waals surface area contributed by atoms with Gasteiger partial charge in [0.25, 0.3) is 6.71 Å². The lowest BCUT2D eigenvalue weighted by atomic mass is 9.33. The summed E-state index contributed by atoms with van der Waals surface area (Å²) in [6.45, 7) is 16.2. The molecular weight excluding hydrogens is 1260 g/mol. The summed E-state index contributed by atoms with van der Waals surface area (Å²) in [7, 11) is 0. The zero-order valence-corrected chi connectivity index (χ0v) is 59.7. The average Bonchev–Trinajstić information content (AvgIpc) is 0.740. The van der Waals surface area contributed by atoms with Crippen molar-refractivity contribution in [1.29, 1.82) is 0 Å². The topological polar surface area (TPSA) is 16.3 Å². The Balaban J connectivity index is 0.966. The van der Waals surface area contributed by atoms with E-state index in [1.165, 1.54) is 105 Å². The minimum Gasteiger partial charge on any atom is -0.310 e. The van der Waals surface area contributed by atoms with E-state index in [-0.39, 0.29) is 17.5 Å². The van der Waals surface area contributed by atoms with Gasteiger partial charge in [-0.1, -0.05) is 284 Å². The Kier molecular flexibility index (Phi) is 14.7. The Morgan fingerprint density at radius 3 is 0.894 bits per heavy atom. The molecule has 0 unspecified atom stereocenters. The van der Waals surface area contributed by atoms with Crippen molar-refractivity contribution in [2.24, 2.45) is 0 Å². The number of rotatable bonds is 10. The van der Waals surface area contributed by atoms with E-state index >= 15 is 0 Å². The van der Waals surface area contributed by atoms with Crippen LogP contribution < -0.4 is 26.2 Å². The van der Waals surface area contributed by atoms with Crippen LogP contribution in [0.5, 0.6) is 0 Å². The molecular formula is C99H77BN4. The maximum atomic E-state index is 2.71. The molecule has 19 rings (SSSR count). The molecule has 104 heavy (non-hydrogen) atoms. The summed E-state index contributed by atoms with van der Waals surface area (Å²) in [6, 6.07) is 128. The number of aryl methyl sites for hydroxylation is 1. The Bertz CT molecular complexity index is 5970. The molecule has 0 saturated carbocycles. The zero-order valence-electron chi connectivity index (χ0n) is 59.7. The number of anilines is 6. The fraction of sp³-hybridized carbons (Fsp3) is 0.0909. The first-order chi connectivity index (χ1) is 50.8. The van der Waals surface area contributed by atoms with Crippen LogP contribution in [0, 0.1) is 6.92 Å². The van der Waals surface area contributed by atoms with Crippen LogP contribution in [-0.2, 0) is 10.8 Å². The smallest absolute Gasteiger partial charge is 0.252 e. The largest absolute Gasteiger partial charge is 0.310 e. The van der Waals surface area contributed by atoms with Crippen molar-refractivity contribution >= 4 is 101 Å². The van der Waals surface area contributed by atoms with Gasteiger partial charge in [0.05, 0.1) is 33.4 Å². The SMILES string of the molecule is Cc1cc2c3c(c1)N(c1c(-c4ccccc4)cc(C(C)(C)C)cc1-c1ccccc1)c1cc(-n4c5ccc(-c6ccccc6)cc5c5cc(-c6ccccc6)ccc54)ccc1B3c1ccc(-n3c4ccccc4c4ccccc43)cc1N2c1c(-c2ccccc2)cc(C(C)(C)C)cc1-c1ccccc1. The molecule has 2 aromatic heterocycles. The van der Waals surface area contributed by atoms with E-state index in [1.54, 1.807) is 0 Å². The van der Waals surface area contributed by atoms with Crippen LogP contribution >= 0.6 is 0 Å². The number of benzene rings is 15. The maximum Gasteiger partial charge on any atom is 0.252 e. The summed E-state index contributed by atoms with van der Waals surface area (Å²) in [4.78, 5) is 5.41. The number of fused-ring (bicyclic) bond motifs is 10. The first-order valence-corrected chi connectivity index (χ1v) is 36.6. The monoisotopic (exact) mass is 1330 g/mol. The van der Waals surface area contributed by atoms with Crippen LogP contribution in [0.1, 0.15) is 58.2 Å². The van der Waals surface area contributed by atoms with Crippen molar-refractivity contribution < 1.29 is 0 Å². The van der Waals surface area contributed by atoms with Gasteiger partial charge in [0.15, 0.2) is 0 Å². The van der Waals surface area contributed by atoms with Gasteiger partial charge < -0.3 is 18.9 Å². The molecule has 0 aliphatic carbocycles. The summed E-state index contributed by atoms with van der Waals surface area (Å²) in [5, 5.41) is 4.87. The van der Waals surface area contributed by atoms with Crippen molar-refractivity contribution in [3.8, 4) is 78.1 Å². The maximum absolute atomic E-state index is 2.71. The molecule has 0 radical (unpaired) electrons. The molecule has 4 nitrogen and oxygen atoms in total. The first kappa shape index (κ1) is 62.6. The molecule has 4 heterocycles. The predicted molar refractivity (Wildman–Crippen MR) is 444 cm³/mol. The van der Waals surface area contributed by atoms with E-state index in [1.807, 2.05) is 0 Å². The van der Waals surface area contributed by atoms with Crippen LogP contribution in [0.2, 0.25) is 0 Å². The van der Waals surface area contributed by atoms with Gasteiger partial charge >= 0.3 is 0 Å². The van der Waals surface area contributed by atoms with Gasteiger partial charge in [-0.2, -0.15) is 0 Å². The highest BCUT2D eigenvalue weighted by atomic mass is 15.2. The summed E-state index contributed by atoms with van der Waals surface area (Å²) in [5.74, 6) is 0. The number of hydrogen-bond acceptors (Lipinski definition) is 2. The van der Waals surface area contributed by atoms with E-state index in [4.69, 9.17) is 0 Å². The third kappa shape index (κ3) is 10.3. The Labute approximate surface area is 609 Å². The molecule has 17 aromatic rings. The van der Waals surface area contributed by atoms with Gasteiger partial charge in [-0.3, -0.25) is 0 Å². The zero-order chi connectivity index (χ0) is 70.1. The third-order valence-corrected chi connectivity index (χ3v) is 22.0. The highest BCUT2D eigenvalue weighted by molar-refractivity contribution is 7.00. The number of aromatic nitrogens is 2. The molecule has 0 bridgehead atoms. The van der Waals surface area contributed by atoms with Gasteiger partial charge in [-0.25, -0.2) is 0 Å². The summed E-state index contributed by atoms with van der Waals surface area (Å²) in [5.41, 5.74) is 34.7. The number of hydrogen-bond donors (Lipinski definition) is 0. The average molecular weight is 1330 g/mol. The van der Waals surface area contributed by atoms with E-state index in [0.717, 1.165) is 84.3 Å². The van der Waals surface area contributed by atoms with Crippen LogP contribution in [0.25, 0.3) is 122 Å². The highest BCUT2D eigenvalue weighted by Gasteiger charge is 2.46. The Morgan fingerprint density at radius 1 is 0.250 bits per heavy atom. The molecule has 5 heteroatoms. The summed E-state index contributed by atoms with van der Waals surface area (Å²) in [6.07, 6.45) is 0. The summed E-state index contributed by atoms with van der Waals surface area (Å²) < 4.78 is 5.03. The fourth-order valence-corrected chi connectivity index (χ4v) is 17.0. The first-order valence-electron chi connectivity index (χ1n) is 36.6. The molecule has 0 atom stereocenters. The molecule has 2 aliphatic rings. The highest BCUT2D eigenvalue weighted by Crippen LogP contribution is 2.55. The normalized spacial score (nSPS) is 12.7. The predicted octanol–water partition coefficient (Wildman–Crippen LogP) is 24.9. The second kappa shape index (κ2) is 24.4. The van der Waals surface area contributed by atoms with Crippen LogP contribution in [0.15, 0.2) is 340 Å². The van der Waals surface area contributed by atoms with Crippen molar-refractivity contribution in [2.45, 2.75) is 59.3 Å². The molecule has 496 valence electrons. The van der Waals surface area contributed by atoms with Gasteiger partial charge in [0.1, 0.15) is 0 Å². The second-order valence-electron chi connectivity index (χ2n) is 30.5. The van der Waals surface area contributed by atoms with Crippen molar-refractivity contribution in [3.63, 3.8) is 0 Å². The summed E-state index contributed by atoms with van der Waals surface area (Å²) >= 11 is 0. The van der Waals surface area contributed by atoms with Crippen LogP contribution in [-0.4, -0.2) is 15.8 Å². The lowest BCUT2D eigenvalue weighted by molar-refractivity contribution is 0.590. The molecule has 0 amide bonds. The Hall–Kier alpha value is -12.4. The molecule has 15 aromatic carbocycles. The molecule has 0 N–H and O–H groups in total. The molecule has 0 fully saturated rings. The number of para-hydroxylation sites is 2. The van der Waals surface area contributed by atoms with Crippen LogP contribution in [0.4, 0.5) is 34.1 Å². The lowest BCUT2D eigenvalue weighted by Gasteiger charge is -2.46. The standard InChI is InChI=1S/C99H77BN4/c1-64-54-93-95-94(55-64)104(97-81(69-38-22-12-23-39-69)60-74(99(5,6)7)61-82(97)70-40-24-13-25-41-70)92-63-76(102-89-52-46-71(65-30-14-8-15-31-65)56-83(89)84-57-72(47-53-90(84)102)66-32-16-9-17-33-66)49-51-86(92)100(95)85-50-48-75(101-87-44-28-26-42-77(87)78-43-27-29-45-88(78)101)62-91(85)103(93)96-79(67-34-18-10-19-35-67)58-73(98(2,3)4)59-80(96)68-36-20-11-21-37-68/h8-63H,1-7H3. The molecule has 0 spiro atoms. The lowest BCUT2D eigenvalue weighted by Crippen LogP contribution is -2.61. The van der Waals surface area contributed by atoms with Gasteiger partial charge in [-0.15, -0.1) is 0 Å². The molecule has 2 aliphatic heterocycles. The van der Waals surface area contributed by atoms with Gasteiger partial charge in [0.2, 0.25) is 0 Å². The molecule has 0 saturated heterocycles. The van der Waals surface area contributed by atoms with Crippen molar-refractivity contribution in [2.75, 3.05) is 9.80 Å². The van der Waals surface area contributed by atoms with Gasteiger partial charge in [-0.05, 0) is 192 Å². The van der Waals surface area contributed by atoms with Crippen molar-refractivity contribution in [3.05, 3.63) is 356 Å². The quantitative estimate of drug-likeness (QED) is 0.127. The van der Waals surface area contributed by atoms with Gasteiger partial charge in [0, 0.05) is 77.9 Å². The second-order valence-corrected chi connectivity index (χ2v) is 30.5. The minimum absolute atomic E-state index is 0.184. The van der Waals surface area contributed by atoms with E-state index in [9.17, 15) is 0 Å². The van der Waals surface area contributed by atoms with E-state index in [2.05, 4.69) is 407 Å². The van der Waals surface area contributed by atoms with E-state index < -0.39 is 0 Å². The van der Waals surface area contributed by atoms with Crippen molar-refractivity contribution in [1.82, 2.24) is 9.13 Å². The fourth-order valence-electron chi connectivity index (χ4n) is 17.0.